The van der Waals surface area contributed by atoms with Gasteiger partial charge in [-0.15, -0.1) is 11.3 Å². The highest BCUT2D eigenvalue weighted by atomic mass is 32.1. The maximum Gasteiger partial charge on any atom is 0.435 e. The predicted octanol–water partition coefficient (Wildman–Crippen LogP) is 2.17. The molecule has 0 aliphatic rings. The van der Waals surface area contributed by atoms with Gasteiger partial charge in [0.05, 0.1) is 10.6 Å². The highest BCUT2D eigenvalue weighted by molar-refractivity contribution is 7.12. The highest BCUT2D eigenvalue weighted by Gasteiger charge is 2.05. The van der Waals surface area contributed by atoms with E-state index in [1.807, 2.05) is 17.5 Å². The standard InChI is InChI=1S/C9H12N2O2S/c1-7(8-5-4-6-14-8)10-13-9(12)11(2)3/h4-6H,1-3H3. The third-order valence-corrected chi connectivity index (χ3v) is 2.48. The molecule has 0 bridgehead atoms. The lowest BCUT2D eigenvalue weighted by Gasteiger charge is -2.06. The number of amides is 1. The van der Waals surface area contributed by atoms with Crippen molar-refractivity contribution in [1.29, 1.82) is 0 Å². The van der Waals surface area contributed by atoms with E-state index in [0.29, 0.717) is 5.71 Å². The number of rotatable bonds is 2. The molecule has 0 aliphatic carbocycles. The van der Waals surface area contributed by atoms with Crippen molar-refractivity contribution in [3.05, 3.63) is 22.4 Å². The first kappa shape index (κ1) is 10.7. The van der Waals surface area contributed by atoms with Crippen molar-refractivity contribution in [1.82, 2.24) is 4.90 Å². The monoisotopic (exact) mass is 212 g/mol. The number of nitrogens with zero attached hydrogens (tertiary/aromatic N) is 2. The van der Waals surface area contributed by atoms with Gasteiger partial charge in [0.1, 0.15) is 0 Å². The molecule has 76 valence electrons. The SMILES string of the molecule is CC(=NOC(=O)N(C)C)c1cccs1. The van der Waals surface area contributed by atoms with Crippen LogP contribution < -0.4 is 0 Å². The van der Waals surface area contributed by atoms with Gasteiger partial charge in [-0.05, 0) is 18.4 Å². The van der Waals surface area contributed by atoms with E-state index in [0.717, 1.165) is 4.88 Å². The van der Waals surface area contributed by atoms with Crippen LogP contribution in [0.15, 0.2) is 22.7 Å². The summed E-state index contributed by atoms with van der Waals surface area (Å²) in [7, 11) is 3.22. The fourth-order valence-corrected chi connectivity index (χ4v) is 1.39. The zero-order valence-electron chi connectivity index (χ0n) is 8.35. The lowest BCUT2D eigenvalue weighted by Crippen LogP contribution is -2.21. The van der Waals surface area contributed by atoms with Gasteiger partial charge in [0.2, 0.25) is 0 Å². The Morgan fingerprint density at radius 2 is 2.29 bits per heavy atom. The molecule has 0 saturated heterocycles. The van der Waals surface area contributed by atoms with Gasteiger partial charge in [-0.2, -0.15) is 0 Å². The maximum absolute atomic E-state index is 11.0. The second-order valence-electron chi connectivity index (χ2n) is 2.91. The van der Waals surface area contributed by atoms with E-state index < -0.39 is 6.09 Å². The molecule has 0 radical (unpaired) electrons. The Hall–Kier alpha value is -1.36. The van der Waals surface area contributed by atoms with Crippen molar-refractivity contribution in [3.8, 4) is 0 Å². The van der Waals surface area contributed by atoms with E-state index >= 15 is 0 Å². The van der Waals surface area contributed by atoms with Crippen LogP contribution >= 0.6 is 11.3 Å². The molecule has 4 nitrogen and oxygen atoms in total. The normalized spacial score (nSPS) is 11.2. The van der Waals surface area contributed by atoms with E-state index in [-0.39, 0.29) is 0 Å². The number of hydrogen-bond acceptors (Lipinski definition) is 4. The predicted molar refractivity (Wildman–Crippen MR) is 56.7 cm³/mol. The third-order valence-electron chi connectivity index (χ3n) is 1.50. The minimum Gasteiger partial charge on any atom is -0.312 e. The number of carbonyl (C=O) groups is 1. The fraction of sp³-hybridized carbons (Fsp3) is 0.333. The second kappa shape index (κ2) is 4.76. The maximum atomic E-state index is 11.0. The molecule has 1 aromatic heterocycles. The molecule has 0 unspecified atom stereocenters. The fourth-order valence-electron chi connectivity index (χ4n) is 0.719. The smallest absolute Gasteiger partial charge is 0.312 e. The molecule has 1 heterocycles. The Balaban J connectivity index is 2.58. The molecule has 1 rings (SSSR count). The summed E-state index contributed by atoms with van der Waals surface area (Å²) in [5.74, 6) is 0. The molecule has 1 aromatic rings. The van der Waals surface area contributed by atoms with Crippen LogP contribution in [0.2, 0.25) is 0 Å². The van der Waals surface area contributed by atoms with Crippen molar-refractivity contribution >= 4 is 23.1 Å². The molecule has 0 spiro atoms. The molecule has 0 aliphatic heterocycles. The van der Waals surface area contributed by atoms with Crippen LogP contribution in [0.1, 0.15) is 11.8 Å². The highest BCUT2D eigenvalue weighted by Crippen LogP contribution is 2.09. The number of carbonyl (C=O) groups excluding carboxylic acids is 1. The largest absolute Gasteiger partial charge is 0.435 e. The average Bonchev–Trinajstić information content (AvgIpc) is 2.66. The van der Waals surface area contributed by atoms with Crippen LogP contribution in [-0.4, -0.2) is 30.8 Å². The van der Waals surface area contributed by atoms with Crippen LogP contribution in [-0.2, 0) is 4.84 Å². The number of oxime groups is 1. The lowest BCUT2D eigenvalue weighted by atomic mass is 10.3. The summed E-state index contributed by atoms with van der Waals surface area (Å²) >= 11 is 1.56. The first-order valence-corrected chi connectivity index (χ1v) is 4.96. The van der Waals surface area contributed by atoms with Crippen molar-refractivity contribution in [2.24, 2.45) is 5.16 Å². The molecule has 5 heteroatoms. The molecule has 14 heavy (non-hydrogen) atoms. The molecule has 0 saturated carbocycles. The molecule has 0 atom stereocenters. The molecule has 0 fully saturated rings. The Morgan fingerprint density at radius 3 is 2.79 bits per heavy atom. The van der Waals surface area contributed by atoms with Gasteiger partial charge in [-0.1, -0.05) is 11.2 Å². The van der Waals surface area contributed by atoms with Gasteiger partial charge in [-0.25, -0.2) is 4.79 Å². The second-order valence-corrected chi connectivity index (χ2v) is 3.85. The molecule has 0 N–H and O–H groups in total. The third kappa shape index (κ3) is 2.85. The van der Waals surface area contributed by atoms with E-state index in [4.69, 9.17) is 0 Å². The minimum atomic E-state index is -0.471. The average molecular weight is 212 g/mol. The van der Waals surface area contributed by atoms with Gasteiger partial charge in [-0.3, -0.25) is 4.84 Å². The molecular weight excluding hydrogens is 200 g/mol. The molecular formula is C9H12N2O2S. The van der Waals surface area contributed by atoms with Crippen molar-refractivity contribution < 1.29 is 9.63 Å². The summed E-state index contributed by atoms with van der Waals surface area (Å²) in [6.45, 7) is 1.80. The summed E-state index contributed by atoms with van der Waals surface area (Å²) in [5.41, 5.74) is 0.704. The van der Waals surface area contributed by atoms with E-state index in [1.54, 1.807) is 32.4 Å². The summed E-state index contributed by atoms with van der Waals surface area (Å²) in [6, 6.07) is 3.85. The van der Waals surface area contributed by atoms with Crippen molar-refractivity contribution in [3.63, 3.8) is 0 Å². The Kier molecular flexibility index (Phi) is 3.64. The van der Waals surface area contributed by atoms with E-state index in [2.05, 4.69) is 9.99 Å². The van der Waals surface area contributed by atoms with Crippen LogP contribution in [0, 0.1) is 0 Å². The number of thiophene rings is 1. The summed E-state index contributed by atoms with van der Waals surface area (Å²) in [4.78, 5) is 18.0. The van der Waals surface area contributed by atoms with Crippen molar-refractivity contribution in [2.75, 3.05) is 14.1 Å². The van der Waals surface area contributed by atoms with Gasteiger partial charge in [0.25, 0.3) is 0 Å². The lowest BCUT2D eigenvalue weighted by molar-refractivity contribution is 0.122. The first-order valence-electron chi connectivity index (χ1n) is 4.08. The van der Waals surface area contributed by atoms with Gasteiger partial charge in [0.15, 0.2) is 0 Å². The van der Waals surface area contributed by atoms with Crippen molar-refractivity contribution in [2.45, 2.75) is 6.92 Å². The molecule has 0 aromatic carbocycles. The minimum absolute atomic E-state index is 0.471. The van der Waals surface area contributed by atoms with Gasteiger partial charge >= 0.3 is 6.09 Å². The van der Waals surface area contributed by atoms with Gasteiger partial charge in [0, 0.05) is 14.1 Å². The summed E-state index contributed by atoms with van der Waals surface area (Å²) in [5, 5.41) is 5.67. The number of hydrogen-bond donors (Lipinski definition) is 0. The van der Waals surface area contributed by atoms with Crippen LogP contribution in [0.4, 0.5) is 4.79 Å². The van der Waals surface area contributed by atoms with Crippen LogP contribution in [0.3, 0.4) is 0 Å². The topological polar surface area (TPSA) is 41.9 Å². The van der Waals surface area contributed by atoms with Gasteiger partial charge < -0.3 is 4.90 Å². The molecule has 1 amide bonds. The summed E-state index contributed by atoms with van der Waals surface area (Å²) in [6.07, 6.45) is -0.471. The van der Waals surface area contributed by atoms with E-state index in [1.165, 1.54) is 4.90 Å². The summed E-state index contributed by atoms with van der Waals surface area (Å²) < 4.78 is 0. The van der Waals surface area contributed by atoms with Crippen LogP contribution in [0.5, 0.6) is 0 Å². The zero-order valence-corrected chi connectivity index (χ0v) is 9.17. The van der Waals surface area contributed by atoms with Crippen LogP contribution in [0.25, 0.3) is 0 Å². The zero-order chi connectivity index (χ0) is 10.6. The first-order chi connectivity index (χ1) is 6.61. The van der Waals surface area contributed by atoms with E-state index in [9.17, 15) is 4.79 Å². The quantitative estimate of drug-likeness (QED) is 0.428. The Bertz CT molecular complexity index is 331. The Morgan fingerprint density at radius 1 is 1.57 bits per heavy atom. The Labute approximate surface area is 86.8 Å².